The summed E-state index contributed by atoms with van der Waals surface area (Å²) in [6, 6.07) is 7.22. The molecule has 3 aromatic rings. The molecule has 27 heavy (non-hydrogen) atoms. The van der Waals surface area contributed by atoms with Crippen molar-refractivity contribution in [2.24, 2.45) is 0 Å². The van der Waals surface area contributed by atoms with Gasteiger partial charge in [-0.2, -0.15) is 4.52 Å². The molecule has 0 unspecified atom stereocenters. The number of nitrogens with one attached hydrogen (secondary N) is 1. The number of aromatic nitrogens is 4. The van der Waals surface area contributed by atoms with Gasteiger partial charge in [-0.15, -0.1) is 5.10 Å². The molecule has 0 saturated carbocycles. The number of hydrogen-bond acceptors (Lipinski definition) is 8. The van der Waals surface area contributed by atoms with E-state index < -0.39 is 0 Å². The fraction of sp³-hybridized carbons (Fsp3) is 0.353. The van der Waals surface area contributed by atoms with Crippen LogP contribution in [0.25, 0.3) is 4.96 Å². The molecule has 0 radical (unpaired) electrons. The van der Waals surface area contributed by atoms with Gasteiger partial charge >= 0.3 is 0 Å². The molecule has 4 rings (SSSR count). The van der Waals surface area contributed by atoms with E-state index in [1.54, 1.807) is 6.20 Å². The Labute approximate surface area is 159 Å². The number of nitrogens with zero attached hydrogens (tertiary/aromatic N) is 6. The number of amides is 1. The molecular weight excluding hydrogens is 366 g/mol. The minimum atomic E-state index is -0.217. The largest absolute Gasteiger partial charge is 0.360 e. The zero-order chi connectivity index (χ0) is 18.6. The zero-order valence-corrected chi connectivity index (χ0v) is 15.4. The summed E-state index contributed by atoms with van der Waals surface area (Å²) in [6.45, 7) is 3.41. The summed E-state index contributed by atoms with van der Waals surface area (Å²) in [5, 5.41) is 7.86. The van der Waals surface area contributed by atoms with E-state index in [9.17, 15) is 9.59 Å². The van der Waals surface area contributed by atoms with Crippen molar-refractivity contribution in [1.82, 2.24) is 24.5 Å². The smallest absolute Gasteiger partial charge is 0.275 e. The molecule has 10 heteroatoms. The third kappa shape index (κ3) is 3.90. The van der Waals surface area contributed by atoms with E-state index >= 15 is 0 Å². The summed E-state index contributed by atoms with van der Waals surface area (Å²) in [5.41, 5.74) is -0.217. The maximum atomic E-state index is 12.4. The number of hydrogen-bond donors (Lipinski definition) is 1. The van der Waals surface area contributed by atoms with E-state index in [4.69, 9.17) is 0 Å². The van der Waals surface area contributed by atoms with Crippen molar-refractivity contribution in [2.45, 2.75) is 6.42 Å². The average Bonchev–Trinajstić information content (AvgIpc) is 3.13. The molecule has 4 heterocycles. The predicted molar refractivity (Wildman–Crippen MR) is 103 cm³/mol. The Balaban J connectivity index is 1.26. The Kier molecular flexibility index (Phi) is 4.97. The van der Waals surface area contributed by atoms with E-state index in [1.807, 2.05) is 23.1 Å². The van der Waals surface area contributed by atoms with Gasteiger partial charge in [0.1, 0.15) is 5.82 Å². The molecule has 9 nitrogen and oxygen atoms in total. The van der Waals surface area contributed by atoms with Gasteiger partial charge in [0.15, 0.2) is 0 Å². The van der Waals surface area contributed by atoms with E-state index in [-0.39, 0.29) is 11.5 Å². The lowest BCUT2D eigenvalue weighted by Gasteiger charge is -2.35. The SMILES string of the molecule is O=C(CCNc1nn2c(=O)ccnc2s1)N1CCN(c2ccccn2)CC1. The van der Waals surface area contributed by atoms with Crippen molar-refractivity contribution in [3.8, 4) is 0 Å². The molecule has 1 saturated heterocycles. The third-order valence-electron chi connectivity index (χ3n) is 4.39. The van der Waals surface area contributed by atoms with Crippen LogP contribution in [-0.4, -0.2) is 63.1 Å². The van der Waals surface area contributed by atoms with E-state index in [0.29, 0.717) is 36.1 Å². The summed E-state index contributed by atoms with van der Waals surface area (Å²) < 4.78 is 1.26. The van der Waals surface area contributed by atoms with Crippen molar-refractivity contribution in [3.05, 3.63) is 47.0 Å². The maximum absolute atomic E-state index is 12.4. The van der Waals surface area contributed by atoms with Crippen LogP contribution in [0, 0.1) is 0 Å². The Morgan fingerprint density at radius 1 is 1.11 bits per heavy atom. The minimum absolute atomic E-state index is 0.111. The Bertz CT molecular complexity index is 980. The molecule has 1 aliphatic heterocycles. The minimum Gasteiger partial charge on any atom is -0.360 e. The molecule has 1 N–H and O–H groups in total. The van der Waals surface area contributed by atoms with E-state index in [1.165, 1.54) is 28.1 Å². The van der Waals surface area contributed by atoms with Gasteiger partial charge in [0, 0.05) is 57.6 Å². The van der Waals surface area contributed by atoms with Gasteiger partial charge in [0.25, 0.3) is 5.56 Å². The fourth-order valence-corrected chi connectivity index (χ4v) is 3.78. The van der Waals surface area contributed by atoms with Crippen LogP contribution in [0.3, 0.4) is 0 Å². The number of fused-ring (bicyclic) bond motifs is 1. The first-order chi connectivity index (χ1) is 13.2. The number of carbonyl (C=O) groups is 1. The Hall–Kier alpha value is -3.01. The second-order valence-corrected chi connectivity index (χ2v) is 7.07. The molecule has 1 amide bonds. The predicted octanol–water partition coefficient (Wildman–Crippen LogP) is 0.697. The molecule has 1 fully saturated rings. The van der Waals surface area contributed by atoms with Crippen LogP contribution in [0.15, 0.2) is 41.5 Å². The van der Waals surface area contributed by atoms with Crippen LogP contribution < -0.4 is 15.8 Å². The average molecular weight is 385 g/mol. The normalized spacial score (nSPS) is 14.5. The fourth-order valence-electron chi connectivity index (χ4n) is 2.98. The van der Waals surface area contributed by atoms with Crippen LogP contribution in [0.4, 0.5) is 10.9 Å². The van der Waals surface area contributed by atoms with Crippen LogP contribution in [0.1, 0.15) is 6.42 Å². The summed E-state index contributed by atoms with van der Waals surface area (Å²) in [7, 11) is 0. The maximum Gasteiger partial charge on any atom is 0.275 e. The van der Waals surface area contributed by atoms with Gasteiger partial charge in [-0.05, 0) is 12.1 Å². The topological polar surface area (TPSA) is 95.7 Å². The van der Waals surface area contributed by atoms with Crippen LogP contribution in [0.2, 0.25) is 0 Å². The first-order valence-corrected chi connectivity index (χ1v) is 9.55. The molecule has 0 bridgehead atoms. The number of carbonyl (C=O) groups excluding carboxylic acids is 1. The lowest BCUT2D eigenvalue weighted by molar-refractivity contribution is -0.131. The number of piperazine rings is 1. The second-order valence-electron chi connectivity index (χ2n) is 6.12. The van der Waals surface area contributed by atoms with Crippen molar-refractivity contribution in [2.75, 3.05) is 42.9 Å². The van der Waals surface area contributed by atoms with Gasteiger partial charge in [-0.25, -0.2) is 9.97 Å². The zero-order valence-electron chi connectivity index (χ0n) is 14.6. The molecule has 0 spiro atoms. The second kappa shape index (κ2) is 7.70. The van der Waals surface area contributed by atoms with Crippen molar-refractivity contribution in [1.29, 1.82) is 0 Å². The third-order valence-corrected chi connectivity index (χ3v) is 5.27. The van der Waals surface area contributed by atoms with Crippen molar-refractivity contribution >= 4 is 33.2 Å². The van der Waals surface area contributed by atoms with Crippen LogP contribution >= 0.6 is 11.3 Å². The van der Waals surface area contributed by atoms with E-state index in [2.05, 4.69) is 25.3 Å². The highest BCUT2D eigenvalue weighted by Crippen LogP contribution is 2.16. The van der Waals surface area contributed by atoms with Gasteiger partial charge in [-0.3, -0.25) is 9.59 Å². The lowest BCUT2D eigenvalue weighted by Crippen LogP contribution is -2.49. The molecule has 3 aromatic heterocycles. The summed E-state index contributed by atoms with van der Waals surface area (Å²) in [5.74, 6) is 1.06. The van der Waals surface area contributed by atoms with Crippen molar-refractivity contribution < 1.29 is 4.79 Å². The summed E-state index contributed by atoms with van der Waals surface area (Å²) in [4.78, 5) is 37.2. The highest BCUT2D eigenvalue weighted by atomic mass is 32.1. The van der Waals surface area contributed by atoms with Crippen LogP contribution in [0.5, 0.6) is 0 Å². The van der Waals surface area contributed by atoms with Crippen molar-refractivity contribution in [3.63, 3.8) is 0 Å². The number of pyridine rings is 1. The molecule has 140 valence electrons. The van der Waals surface area contributed by atoms with Gasteiger partial charge in [0.2, 0.25) is 16.0 Å². The quantitative estimate of drug-likeness (QED) is 0.690. The lowest BCUT2D eigenvalue weighted by atomic mass is 10.2. The molecule has 1 aliphatic rings. The first kappa shape index (κ1) is 17.4. The van der Waals surface area contributed by atoms with Crippen LogP contribution in [-0.2, 0) is 4.79 Å². The molecular formula is C17H19N7O2S. The van der Waals surface area contributed by atoms with E-state index in [0.717, 1.165) is 18.9 Å². The Morgan fingerprint density at radius 2 is 1.96 bits per heavy atom. The summed E-state index contributed by atoms with van der Waals surface area (Å²) >= 11 is 1.29. The molecule has 0 aromatic carbocycles. The highest BCUT2D eigenvalue weighted by Gasteiger charge is 2.21. The standard InChI is InChI=1S/C17H19N7O2S/c25-14(23-11-9-22(10-12-23)13-3-1-2-6-18-13)4-7-19-16-21-24-15(26)5-8-20-17(24)27-16/h1-3,5-6,8H,4,7,9-12H2,(H,19,21). The van der Waals surface area contributed by atoms with Gasteiger partial charge < -0.3 is 15.1 Å². The molecule has 0 aliphatic carbocycles. The van der Waals surface area contributed by atoms with Gasteiger partial charge in [0.05, 0.1) is 0 Å². The monoisotopic (exact) mass is 385 g/mol. The molecule has 0 atom stereocenters. The number of anilines is 2. The first-order valence-electron chi connectivity index (χ1n) is 8.73. The van der Waals surface area contributed by atoms with Gasteiger partial charge in [-0.1, -0.05) is 17.4 Å². The highest BCUT2D eigenvalue weighted by molar-refractivity contribution is 7.20. The number of rotatable bonds is 5. The Morgan fingerprint density at radius 3 is 2.70 bits per heavy atom. The summed E-state index contributed by atoms with van der Waals surface area (Å²) in [6.07, 6.45) is 3.62.